The van der Waals surface area contributed by atoms with Crippen LogP contribution in [0, 0.1) is 5.92 Å². The number of amides is 1. The normalized spacial score (nSPS) is 19.4. The number of benzene rings is 1. The minimum atomic E-state index is -0.142. The number of pyridine rings is 1. The van der Waals surface area contributed by atoms with Crippen LogP contribution in [0.5, 0.6) is 11.5 Å². The van der Waals surface area contributed by atoms with Crippen molar-refractivity contribution in [2.24, 2.45) is 5.92 Å². The van der Waals surface area contributed by atoms with Crippen LogP contribution in [-0.2, 0) is 11.3 Å². The molecular formula is C22H25N3O4S2. The Morgan fingerprint density at radius 3 is 2.61 bits per heavy atom. The van der Waals surface area contributed by atoms with E-state index in [1.54, 1.807) is 38.5 Å². The highest BCUT2D eigenvalue weighted by molar-refractivity contribution is 8.23. The van der Waals surface area contributed by atoms with Gasteiger partial charge in [-0.15, -0.1) is 0 Å². The molecular weight excluding hydrogens is 434 g/mol. The van der Waals surface area contributed by atoms with Gasteiger partial charge in [0.15, 0.2) is 0 Å². The smallest absolute Gasteiger partial charge is 0.250 e. The number of thiocarbonyl (C=S) groups is 1. The number of rotatable bonds is 5. The second kappa shape index (κ2) is 9.32. The largest absolute Gasteiger partial charge is 0.497 e. The number of aromatic nitrogens is 1. The first-order chi connectivity index (χ1) is 15.0. The number of likely N-dealkylation sites (tertiary alicyclic amines) is 1. The van der Waals surface area contributed by atoms with Gasteiger partial charge >= 0.3 is 0 Å². The van der Waals surface area contributed by atoms with Crippen LogP contribution < -0.4 is 20.3 Å². The molecule has 2 aliphatic rings. The van der Waals surface area contributed by atoms with Gasteiger partial charge in [-0.05, 0) is 18.4 Å². The van der Waals surface area contributed by atoms with E-state index in [0.29, 0.717) is 23.1 Å². The van der Waals surface area contributed by atoms with Gasteiger partial charge in [0.25, 0.3) is 5.56 Å². The van der Waals surface area contributed by atoms with Crippen molar-refractivity contribution in [3.63, 3.8) is 0 Å². The lowest BCUT2D eigenvalue weighted by Gasteiger charge is -2.43. The number of fused-ring (bicyclic) bond motifs is 4. The number of hydrogen-bond acceptors (Lipinski definition) is 6. The van der Waals surface area contributed by atoms with Gasteiger partial charge in [-0.1, -0.05) is 30.0 Å². The summed E-state index contributed by atoms with van der Waals surface area (Å²) >= 11 is 7.01. The molecule has 2 aromatic rings. The second-order valence-electron chi connectivity index (χ2n) is 7.81. The molecule has 4 rings (SSSR count). The summed E-state index contributed by atoms with van der Waals surface area (Å²) in [6.07, 6.45) is 1.07. The zero-order chi connectivity index (χ0) is 22.0. The lowest BCUT2D eigenvalue weighted by Crippen LogP contribution is -2.48. The van der Waals surface area contributed by atoms with Gasteiger partial charge in [-0.25, -0.2) is 0 Å². The molecule has 0 spiro atoms. The molecule has 1 N–H and O–H groups in total. The molecule has 3 heterocycles. The number of carbonyl (C=O) groups is 1. The highest BCUT2D eigenvalue weighted by Gasteiger charge is 2.35. The summed E-state index contributed by atoms with van der Waals surface area (Å²) in [5, 5.41) is 2.87. The van der Waals surface area contributed by atoms with Crippen LogP contribution in [0.2, 0.25) is 0 Å². The third-order valence-electron chi connectivity index (χ3n) is 5.70. The second-order valence-corrected chi connectivity index (χ2v) is 9.42. The number of piperidine rings is 1. The summed E-state index contributed by atoms with van der Waals surface area (Å²) in [5.41, 5.74) is 1.77. The van der Waals surface area contributed by atoms with Crippen molar-refractivity contribution >= 4 is 39.9 Å². The van der Waals surface area contributed by atoms with Crippen LogP contribution >= 0.6 is 24.0 Å². The topological polar surface area (TPSA) is 72.8 Å². The number of methoxy groups -OCH3 is 2. The number of nitrogens with one attached hydrogen (secondary N) is 1. The van der Waals surface area contributed by atoms with Crippen molar-refractivity contribution in [3.8, 4) is 11.5 Å². The van der Waals surface area contributed by atoms with Crippen molar-refractivity contribution in [3.05, 3.63) is 52.4 Å². The molecule has 0 radical (unpaired) electrons. The summed E-state index contributed by atoms with van der Waals surface area (Å²) in [7, 11) is 3.13. The van der Waals surface area contributed by atoms with Crippen LogP contribution in [0.4, 0.5) is 5.69 Å². The number of carbonyl (C=O) groups excluding carboxylic acids is 1. The Hall–Kier alpha value is -2.52. The average molecular weight is 460 g/mol. The predicted molar refractivity (Wildman–Crippen MR) is 126 cm³/mol. The summed E-state index contributed by atoms with van der Waals surface area (Å²) in [5.74, 6) is 1.98. The predicted octanol–water partition coefficient (Wildman–Crippen LogP) is 2.94. The standard InChI is InChI=1S/C22H25N3O4S2/c1-28-17-7-16(8-18(9-17)29-2)23-20(26)13-31-22(30)24-10-14-6-15(12-24)19-4-3-5-21(27)25(19)11-14/h3-5,7-9,14-15H,6,10-13H2,1-2H3,(H,23,26)/t14-,15-/m0/s1. The molecule has 31 heavy (non-hydrogen) atoms. The van der Waals surface area contributed by atoms with Crippen molar-refractivity contribution in [2.45, 2.75) is 18.9 Å². The molecule has 7 nitrogen and oxygen atoms in total. The molecule has 1 fully saturated rings. The molecule has 2 aliphatic heterocycles. The van der Waals surface area contributed by atoms with Crippen molar-refractivity contribution in [2.75, 3.05) is 38.4 Å². The summed E-state index contributed by atoms with van der Waals surface area (Å²) in [6.45, 7) is 2.33. The van der Waals surface area contributed by atoms with Gasteiger partial charge in [0.2, 0.25) is 5.91 Å². The molecule has 1 amide bonds. The third-order valence-corrected chi connectivity index (χ3v) is 7.22. The maximum absolute atomic E-state index is 12.5. The summed E-state index contributed by atoms with van der Waals surface area (Å²) in [6, 6.07) is 10.7. The number of ether oxygens (including phenoxy) is 2. The molecule has 0 aliphatic carbocycles. The van der Waals surface area contributed by atoms with Gasteiger partial charge in [-0.3, -0.25) is 9.59 Å². The Morgan fingerprint density at radius 2 is 1.90 bits per heavy atom. The van der Waals surface area contributed by atoms with Crippen molar-refractivity contribution < 1.29 is 14.3 Å². The molecule has 0 saturated carbocycles. The maximum atomic E-state index is 12.5. The summed E-state index contributed by atoms with van der Waals surface area (Å²) in [4.78, 5) is 26.8. The van der Waals surface area contributed by atoms with E-state index in [0.717, 1.165) is 36.1 Å². The van der Waals surface area contributed by atoms with Gasteiger partial charge in [-0.2, -0.15) is 0 Å². The van der Waals surface area contributed by atoms with E-state index in [-0.39, 0.29) is 23.1 Å². The lowest BCUT2D eigenvalue weighted by atomic mass is 9.83. The molecule has 1 aromatic heterocycles. The van der Waals surface area contributed by atoms with Gasteiger partial charge in [0.1, 0.15) is 15.8 Å². The van der Waals surface area contributed by atoms with E-state index in [1.807, 2.05) is 16.7 Å². The van der Waals surface area contributed by atoms with Gasteiger partial charge in [0.05, 0.1) is 20.0 Å². The highest BCUT2D eigenvalue weighted by Crippen LogP contribution is 2.36. The van der Waals surface area contributed by atoms with E-state index < -0.39 is 0 Å². The number of thioether (sulfide) groups is 1. The fourth-order valence-electron chi connectivity index (χ4n) is 4.34. The molecule has 1 saturated heterocycles. The van der Waals surface area contributed by atoms with Crippen LogP contribution in [0.1, 0.15) is 18.0 Å². The third kappa shape index (κ3) is 4.88. The fourth-order valence-corrected chi connectivity index (χ4v) is 5.33. The molecule has 2 atom stereocenters. The SMILES string of the molecule is COc1cc(NC(=O)CSC(=S)N2C[C@@H]3C[C@@H](C2)c2cccc(=O)n2C3)cc(OC)c1. The Kier molecular flexibility index (Phi) is 6.52. The Balaban J connectivity index is 1.34. The van der Waals surface area contributed by atoms with E-state index in [2.05, 4.69) is 10.2 Å². The fraction of sp³-hybridized carbons (Fsp3) is 0.409. The molecule has 0 unspecified atom stereocenters. The first-order valence-electron chi connectivity index (χ1n) is 10.1. The van der Waals surface area contributed by atoms with Crippen molar-refractivity contribution in [1.82, 2.24) is 9.47 Å². The maximum Gasteiger partial charge on any atom is 0.250 e. The van der Waals surface area contributed by atoms with Crippen LogP contribution in [0.3, 0.4) is 0 Å². The minimum absolute atomic E-state index is 0.0726. The average Bonchev–Trinajstić information content (AvgIpc) is 2.77. The number of anilines is 1. The van der Waals surface area contributed by atoms with Crippen LogP contribution in [0.25, 0.3) is 0 Å². The Morgan fingerprint density at radius 1 is 1.16 bits per heavy atom. The van der Waals surface area contributed by atoms with E-state index in [4.69, 9.17) is 21.7 Å². The van der Waals surface area contributed by atoms with Crippen LogP contribution in [-0.4, -0.2) is 52.8 Å². The molecule has 2 bridgehead atoms. The first kappa shape index (κ1) is 21.7. The molecule has 9 heteroatoms. The Labute approximate surface area is 190 Å². The van der Waals surface area contributed by atoms with E-state index in [9.17, 15) is 9.59 Å². The van der Waals surface area contributed by atoms with E-state index >= 15 is 0 Å². The number of hydrogen-bond donors (Lipinski definition) is 1. The highest BCUT2D eigenvalue weighted by atomic mass is 32.2. The van der Waals surface area contributed by atoms with E-state index in [1.165, 1.54) is 11.8 Å². The lowest BCUT2D eigenvalue weighted by molar-refractivity contribution is -0.113. The van der Waals surface area contributed by atoms with Crippen molar-refractivity contribution in [1.29, 1.82) is 0 Å². The van der Waals surface area contributed by atoms with Crippen LogP contribution in [0.15, 0.2) is 41.2 Å². The Bertz CT molecular complexity index is 1030. The zero-order valence-electron chi connectivity index (χ0n) is 17.5. The van der Waals surface area contributed by atoms with Gasteiger partial charge < -0.3 is 24.3 Å². The first-order valence-corrected chi connectivity index (χ1v) is 11.5. The minimum Gasteiger partial charge on any atom is -0.497 e. The monoisotopic (exact) mass is 459 g/mol. The molecule has 164 valence electrons. The molecule has 1 aromatic carbocycles. The van der Waals surface area contributed by atoms with Gasteiger partial charge in [0, 0.05) is 61.2 Å². The quantitative estimate of drug-likeness (QED) is 0.689. The number of nitrogens with zero attached hydrogens (tertiary/aromatic N) is 2. The summed E-state index contributed by atoms with van der Waals surface area (Å²) < 4.78 is 13.1. The zero-order valence-corrected chi connectivity index (χ0v) is 19.1.